The highest BCUT2D eigenvalue weighted by atomic mass is 19.4. The van der Waals surface area contributed by atoms with Crippen LogP contribution in [0.15, 0.2) is 54.7 Å². The highest BCUT2D eigenvalue weighted by Gasteiger charge is 2.38. The van der Waals surface area contributed by atoms with E-state index in [1.165, 1.54) is 0 Å². The lowest BCUT2D eigenvalue weighted by molar-refractivity contribution is -0.138. The van der Waals surface area contributed by atoms with Gasteiger partial charge < -0.3 is 0 Å². The number of rotatable bonds is 7. The fraction of sp³-hybridized carbons (Fsp3) is 0.480. The van der Waals surface area contributed by atoms with Crippen LogP contribution < -0.4 is 0 Å². The molecule has 1 aliphatic carbocycles. The quantitative estimate of drug-likeness (QED) is 0.305. The summed E-state index contributed by atoms with van der Waals surface area (Å²) in [5.74, 6) is 0.290. The van der Waals surface area contributed by atoms with Crippen LogP contribution in [0.25, 0.3) is 0 Å². The van der Waals surface area contributed by atoms with E-state index in [0.29, 0.717) is 24.1 Å². The normalized spacial score (nSPS) is 17.7. The number of halogens is 6. The lowest BCUT2D eigenvalue weighted by atomic mass is 9.70. The molecule has 3 rings (SSSR count). The standard InChI is InChI=1S/C25H27F6N/c1-18-14-21(25(29,30)31)17-32-22(18)23(12-7-13-24(26,27)28,16-20-10-5-6-11-20)15-19-8-3-2-4-9-19/h2-4,7-9,12,14,17,20H,5-6,10-11,13,15-16H2,1H3/b12-7+. The van der Waals surface area contributed by atoms with Gasteiger partial charge in [-0.3, -0.25) is 4.98 Å². The number of benzene rings is 1. The van der Waals surface area contributed by atoms with E-state index in [0.717, 1.165) is 49.6 Å². The second-order valence-corrected chi connectivity index (χ2v) is 8.78. The first-order chi connectivity index (χ1) is 15.0. The second-order valence-electron chi connectivity index (χ2n) is 8.78. The fourth-order valence-electron chi connectivity index (χ4n) is 4.82. The summed E-state index contributed by atoms with van der Waals surface area (Å²) in [6, 6.07) is 10.4. The molecule has 0 spiro atoms. The number of hydrogen-bond donors (Lipinski definition) is 0. The van der Waals surface area contributed by atoms with Crippen molar-refractivity contribution < 1.29 is 26.3 Å². The SMILES string of the molecule is Cc1cc(C(F)(F)F)cnc1C(/C=C/CC(F)(F)F)(Cc1ccccc1)CC1CCCC1. The van der Waals surface area contributed by atoms with Gasteiger partial charge in [-0.15, -0.1) is 0 Å². The molecule has 1 aromatic carbocycles. The monoisotopic (exact) mass is 455 g/mol. The molecule has 0 amide bonds. The summed E-state index contributed by atoms with van der Waals surface area (Å²) in [6.45, 7) is 1.56. The van der Waals surface area contributed by atoms with Gasteiger partial charge in [-0.2, -0.15) is 26.3 Å². The maximum Gasteiger partial charge on any atom is 0.417 e. The molecule has 1 heterocycles. The summed E-state index contributed by atoms with van der Waals surface area (Å²) < 4.78 is 78.5. The van der Waals surface area contributed by atoms with Crippen molar-refractivity contribution in [3.8, 4) is 0 Å². The molecule has 174 valence electrons. The molecule has 1 atom stereocenters. The first kappa shape index (κ1) is 24.3. The smallest absolute Gasteiger partial charge is 0.259 e. The largest absolute Gasteiger partial charge is 0.417 e. The molecule has 1 aliphatic rings. The van der Waals surface area contributed by atoms with E-state index in [2.05, 4.69) is 4.98 Å². The van der Waals surface area contributed by atoms with Crippen LogP contribution in [0, 0.1) is 12.8 Å². The molecule has 1 unspecified atom stereocenters. The topological polar surface area (TPSA) is 12.9 Å². The van der Waals surface area contributed by atoms with Gasteiger partial charge in [0, 0.05) is 11.6 Å². The number of aryl methyl sites for hydroxylation is 1. The van der Waals surface area contributed by atoms with Crippen LogP contribution in [0.3, 0.4) is 0 Å². The Morgan fingerprint density at radius 3 is 2.22 bits per heavy atom. The Morgan fingerprint density at radius 1 is 1.00 bits per heavy atom. The number of aromatic nitrogens is 1. The molecule has 0 radical (unpaired) electrons. The van der Waals surface area contributed by atoms with E-state index in [-0.39, 0.29) is 5.92 Å². The molecule has 32 heavy (non-hydrogen) atoms. The van der Waals surface area contributed by atoms with Gasteiger partial charge >= 0.3 is 12.4 Å². The Kier molecular flexibility index (Phi) is 7.36. The predicted octanol–water partition coefficient (Wildman–Crippen LogP) is 7.98. The fourth-order valence-corrected chi connectivity index (χ4v) is 4.82. The number of allylic oxidation sites excluding steroid dienone is 2. The van der Waals surface area contributed by atoms with Crippen LogP contribution in [-0.4, -0.2) is 11.2 Å². The van der Waals surface area contributed by atoms with Crippen molar-refractivity contribution in [1.29, 1.82) is 0 Å². The van der Waals surface area contributed by atoms with Gasteiger partial charge in [-0.1, -0.05) is 68.2 Å². The van der Waals surface area contributed by atoms with Crippen molar-refractivity contribution in [3.05, 3.63) is 77.1 Å². The van der Waals surface area contributed by atoms with Gasteiger partial charge in [-0.25, -0.2) is 0 Å². The van der Waals surface area contributed by atoms with Gasteiger partial charge in [0.05, 0.1) is 17.7 Å². The highest BCUT2D eigenvalue weighted by Crippen LogP contribution is 2.43. The summed E-state index contributed by atoms with van der Waals surface area (Å²) in [5.41, 5.74) is -0.114. The molecule has 2 aromatic rings. The van der Waals surface area contributed by atoms with Gasteiger partial charge in [-0.05, 0) is 42.9 Å². The van der Waals surface area contributed by atoms with E-state index in [4.69, 9.17) is 0 Å². The molecule has 1 nitrogen and oxygen atoms in total. The van der Waals surface area contributed by atoms with Crippen molar-refractivity contribution in [2.24, 2.45) is 5.92 Å². The molecule has 7 heteroatoms. The summed E-state index contributed by atoms with van der Waals surface area (Å²) in [7, 11) is 0. The summed E-state index contributed by atoms with van der Waals surface area (Å²) in [5, 5.41) is 0. The average molecular weight is 455 g/mol. The zero-order valence-electron chi connectivity index (χ0n) is 17.9. The van der Waals surface area contributed by atoms with E-state index < -0.39 is 29.8 Å². The van der Waals surface area contributed by atoms with Crippen molar-refractivity contribution in [1.82, 2.24) is 4.98 Å². The molecular formula is C25H27F6N. The molecule has 1 aromatic heterocycles. The first-order valence-corrected chi connectivity index (χ1v) is 10.8. The molecule has 1 fully saturated rings. The van der Waals surface area contributed by atoms with Gasteiger partial charge in [0.1, 0.15) is 0 Å². The van der Waals surface area contributed by atoms with E-state index >= 15 is 0 Å². The minimum absolute atomic E-state index is 0.290. The number of alkyl halides is 6. The Hall–Kier alpha value is -2.31. The Balaban J connectivity index is 2.11. The van der Waals surface area contributed by atoms with Gasteiger partial charge in [0.2, 0.25) is 0 Å². The van der Waals surface area contributed by atoms with E-state index in [1.54, 1.807) is 13.0 Å². The van der Waals surface area contributed by atoms with Crippen LogP contribution in [0.5, 0.6) is 0 Å². The zero-order chi connectivity index (χ0) is 23.4. The van der Waals surface area contributed by atoms with Crippen LogP contribution >= 0.6 is 0 Å². The minimum atomic E-state index is -4.53. The third-order valence-corrected chi connectivity index (χ3v) is 6.15. The van der Waals surface area contributed by atoms with Gasteiger partial charge in [0.25, 0.3) is 0 Å². The number of pyridine rings is 1. The molecule has 0 bridgehead atoms. The van der Waals surface area contributed by atoms with Crippen LogP contribution in [0.4, 0.5) is 26.3 Å². The summed E-state index contributed by atoms with van der Waals surface area (Å²) >= 11 is 0. The maximum atomic E-state index is 13.2. The predicted molar refractivity (Wildman–Crippen MR) is 112 cm³/mol. The first-order valence-electron chi connectivity index (χ1n) is 10.8. The Labute approximate surface area is 184 Å². The Bertz CT molecular complexity index is 910. The van der Waals surface area contributed by atoms with Crippen molar-refractivity contribution >= 4 is 0 Å². The molecular weight excluding hydrogens is 428 g/mol. The lowest BCUT2D eigenvalue weighted by Crippen LogP contribution is -2.32. The zero-order valence-corrected chi connectivity index (χ0v) is 17.9. The van der Waals surface area contributed by atoms with Crippen LogP contribution in [0.2, 0.25) is 0 Å². The summed E-state index contributed by atoms with van der Waals surface area (Å²) in [4.78, 5) is 4.22. The van der Waals surface area contributed by atoms with Crippen molar-refractivity contribution in [2.45, 2.75) is 69.6 Å². The van der Waals surface area contributed by atoms with Crippen molar-refractivity contribution in [2.75, 3.05) is 0 Å². The van der Waals surface area contributed by atoms with Crippen LogP contribution in [0.1, 0.15) is 60.9 Å². The molecule has 1 saturated carbocycles. The Morgan fingerprint density at radius 2 is 1.66 bits per heavy atom. The second kappa shape index (κ2) is 9.67. The average Bonchev–Trinajstić information content (AvgIpc) is 3.19. The molecule has 0 aliphatic heterocycles. The van der Waals surface area contributed by atoms with Crippen LogP contribution in [-0.2, 0) is 18.0 Å². The third-order valence-electron chi connectivity index (χ3n) is 6.15. The maximum absolute atomic E-state index is 13.2. The number of hydrogen-bond acceptors (Lipinski definition) is 1. The molecule has 0 saturated heterocycles. The number of nitrogens with zero attached hydrogens (tertiary/aromatic N) is 1. The van der Waals surface area contributed by atoms with Gasteiger partial charge in [0.15, 0.2) is 0 Å². The van der Waals surface area contributed by atoms with Crippen molar-refractivity contribution in [3.63, 3.8) is 0 Å². The highest BCUT2D eigenvalue weighted by molar-refractivity contribution is 5.38. The van der Waals surface area contributed by atoms with E-state index in [9.17, 15) is 26.3 Å². The third kappa shape index (κ3) is 6.36. The lowest BCUT2D eigenvalue weighted by Gasteiger charge is -2.35. The van der Waals surface area contributed by atoms with E-state index in [1.807, 2.05) is 30.3 Å². The minimum Gasteiger partial charge on any atom is -0.259 e. The summed E-state index contributed by atoms with van der Waals surface area (Å²) in [6.07, 6.45) is -1.57. The molecule has 0 N–H and O–H groups in total.